The molecular weight excluding hydrogens is 262 g/mol. The maximum absolute atomic E-state index is 5.87. The molecule has 3 rings (SSSR count). The third-order valence-electron chi connectivity index (χ3n) is 3.70. The van der Waals surface area contributed by atoms with Crippen molar-refractivity contribution >= 4 is 10.9 Å². The highest BCUT2D eigenvalue weighted by Crippen LogP contribution is 2.19. The molecule has 0 amide bonds. The maximum Gasteiger partial charge on any atom is 0.146 e. The summed E-state index contributed by atoms with van der Waals surface area (Å²) in [6.45, 7) is 5.69. The van der Waals surface area contributed by atoms with E-state index < -0.39 is 0 Å². The fourth-order valence-electron chi connectivity index (χ4n) is 2.71. The molecule has 21 heavy (non-hydrogen) atoms. The molecule has 0 fully saturated rings. The van der Waals surface area contributed by atoms with Gasteiger partial charge in [-0.15, -0.1) is 0 Å². The van der Waals surface area contributed by atoms with Gasteiger partial charge in [0, 0.05) is 24.3 Å². The largest absolute Gasteiger partial charge is 0.340 e. The zero-order chi connectivity index (χ0) is 14.8. The van der Waals surface area contributed by atoms with E-state index in [2.05, 4.69) is 52.0 Å². The van der Waals surface area contributed by atoms with E-state index in [1.807, 2.05) is 11.6 Å². The summed E-state index contributed by atoms with van der Waals surface area (Å²) in [7, 11) is 0. The summed E-state index contributed by atoms with van der Waals surface area (Å²) in [6, 6.07) is 8.88. The summed E-state index contributed by atoms with van der Waals surface area (Å²) >= 11 is 0. The Morgan fingerprint density at radius 2 is 2.14 bits per heavy atom. The summed E-state index contributed by atoms with van der Waals surface area (Å²) in [6.07, 6.45) is 4.63. The van der Waals surface area contributed by atoms with Crippen LogP contribution in [0.25, 0.3) is 10.9 Å². The van der Waals surface area contributed by atoms with Gasteiger partial charge in [-0.2, -0.15) is 5.10 Å². The van der Waals surface area contributed by atoms with Gasteiger partial charge in [0.15, 0.2) is 0 Å². The van der Waals surface area contributed by atoms with Gasteiger partial charge in [0.25, 0.3) is 0 Å². The van der Waals surface area contributed by atoms with Crippen molar-refractivity contribution in [3.05, 3.63) is 48.2 Å². The van der Waals surface area contributed by atoms with E-state index in [1.165, 1.54) is 16.5 Å². The van der Waals surface area contributed by atoms with Crippen molar-refractivity contribution in [1.82, 2.24) is 19.3 Å². The molecule has 0 aliphatic heterocycles. The molecule has 3 aromatic rings. The first-order chi connectivity index (χ1) is 10.2. The zero-order valence-electron chi connectivity index (χ0n) is 12.5. The van der Waals surface area contributed by atoms with Gasteiger partial charge in [-0.3, -0.25) is 0 Å². The van der Waals surface area contributed by atoms with E-state index >= 15 is 0 Å². The summed E-state index contributed by atoms with van der Waals surface area (Å²) in [5.74, 6) is 0.981. The third-order valence-corrected chi connectivity index (χ3v) is 3.70. The fraction of sp³-hybridized carbons (Fsp3) is 0.375. The molecule has 110 valence electrons. The second kappa shape index (κ2) is 5.69. The highest BCUT2D eigenvalue weighted by Gasteiger charge is 2.07. The monoisotopic (exact) mass is 283 g/mol. The van der Waals surface area contributed by atoms with Crippen LogP contribution >= 0.6 is 0 Å². The number of nitrogens with two attached hydrogens (primary N) is 1. The number of rotatable bonds is 5. The molecule has 0 radical (unpaired) electrons. The average Bonchev–Trinajstić information content (AvgIpc) is 3.05. The van der Waals surface area contributed by atoms with Crippen LogP contribution in [0.2, 0.25) is 0 Å². The van der Waals surface area contributed by atoms with Gasteiger partial charge in [0.05, 0.1) is 6.54 Å². The summed E-state index contributed by atoms with van der Waals surface area (Å²) in [5, 5.41) is 5.47. The molecular formula is C16H21N5. The second-order valence-electron chi connectivity index (χ2n) is 5.51. The topological polar surface area (TPSA) is 61.7 Å². The van der Waals surface area contributed by atoms with Gasteiger partial charge in [-0.25, -0.2) is 9.67 Å². The quantitative estimate of drug-likeness (QED) is 0.780. The van der Waals surface area contributed by atoms with Crippen molar-refractivity contribution in [1.29, 1.82) is 0 Å². The van der Waals surface area contributed by atoms with Crippen LogP contribution in [0.3, 0.4) is 0 Å². The van der Waals surface area contributed by atoms with Crippen LogP contribution < -0.4 is 5.73 Å². The van der Waals surface area contributed by atoms with Gasteiger partial charge < -0.3 is 10.3 Å². The lowest BCUT2D eigenvalue weighted by atomic mass is 10.1. The van der Waals surface area contributed by atoms with Crippen LogP contribution in [0.15, 0.2) is 36.8 Å². The van der Waals surface area contributed by atoms with Gasteiger partial charge in [-0.1, -0.05) is 6.07 Å². The molecule has 2 N–H and O–H groups in total. The molecule has 0 saturated carbocycles. The Kier molecular flexibility index (Phi) is 3.75. The molecule has 0 aliphatic carbocycles. The Balaban J connectivity index is 1.90. The van der Waals surface area contributed by atoms with Crippen molar-refractivity contribution in [2.45, 2.75) is 39.4 Å². The normalized spacial score (nSPS) is 12.9. The molecule has 2 aromatic heterocycles. The first-order valence-corrected chi connectivity index (χ1v) is 7.37. The van der Waals surface area contributed by atoms with Gasteiger partial charge in [0.1, 0.15) is 12.2 Å². The lowest BCUT2D eigenvalue weighted by molar-refractivity contribution is 0.597. The van der Waals surface area contributed by atoms with Gasteiger partial charge >= 0.3 is 0 Å². The van der Waals surface area contributed by atoms with Gasteiger partial charge in [0.2, 0.25) is 0 Å². The van der Waals surface area contributed by atoms with Crippen LogP contribution in [0.5, 0.6) is 0 Å². The number of hydrogen-bond acceptors (Lipinski definition) is 3. The SMILES string of the molecule is CCn1ncnc1Cn1ccc2cc(CC(C)N)ccc21. The first-order valence-electron chi connectivity index (χ1n) is 7.37. The molecule has 0 aliphatic rings. The van der Waals surface area contributed by atoms with Crippen LogP contribution in [0, 0.1) is 0 Å². The Bertz CT molecular complexity index is 738. The van der Waals surface area contributed by atoms with E-state index in [4.69, 9.17) is 5.73 Å². The van der Waals surface area contributed by atoms with E-state index in [0.717, 1.165) is 25.3 Å². The smallest absolute Gasteiger partial charge is 0.146 e. The highest BCUT2D eigenvalue weighted by atomic mass is 15.3. The molecule has 1 atom stereocenters. The van der Waals surface area contributed by atoms with Crippen molar-refractivity contribution in [3.8, 4) is 0 Å². The third kappa shape index (κ3) is 2.83. The Morgan fingerprint density at radius 3 is 2.90 bits per heavy atom. The number of aromatic nitrogens is 4. The Hall–Kier alpha value is -2.14. The lowest BCUT2D eigenvalue weighted by Gasteiger charge is -2.08. The number of hydrogen-bond donors (Lipinski definition) is 1. The minimum Gasteiger partial charge on any atom is -0.340 e. The van der Waals surface area contributed by atoms with Crippen LogP contribution in [-0.4, -0.2) is 25.4 Å². The Morgan fingerprint density at radius 1 is 1.29 bits per heavy atom. The zero-order valence-corrected chi connectivity index (χ0v) is 12.5. The number of fused-ring (bicyclic) bond motifs is 1. The second-order valence-corrected chi connectivity index (χ2v) is 5.51. The summed E-state index contributed by atoms with van der Waals surface area (Å²) < 4.78 is 4.14. The molecule has 5 nitrogen and oxygen atoms in total. The maximum atomic E-state index is 5.87. The first kappa shape index (κ1) is 13.8. The van der Waals surface area contributed by atoms with Crippen molar-refractivity contribution in [2.75, 3.05) is 0 Å². The minimum atomic E-state index is 0.188. The van der Waals surface area contributed by atoms with Crippen LogP contribution in [0.1, 0.15) is 25.2 Å². The number of benzene rings is 1. The van der Waals surface area contributed by atoms with Crippen molar-refractivity contribution in [2.24, 2.45) is 5.73 Å². The molecule has 0 spiro atoms. The van der Waals surface area contributed by atoms with Crippen molar-refractivity contribution in [3.63, 3.8) is 0 Å². The summed E-state index contributed by atoms with van der Waals surface area (Å²) in [4.78, 5) is 4.34. The molecule has 0 saturated heterocycles. The van der Waals surface area contributed by atoms with Gasteiger partial charge in [-0.05, 0) is 49.4 Å². The lowest BCUT2D eigenvalue weighted by Crippen LogP contribution is -2.17. The predicted octanol–water partition coefficient (Wildman–Crippen LogP) is 2.19. The number of aryl methyl sites for hydroxylation is 1. The minimum absolute atomic E-state index is 0.188. The van der Waals surface area contributed by atoms with E-state index in [0.29, 0.717) is 0 Å². The molecule has 1 aromatic carbocycles. The fourth-order valence-corrected chi connectivity index (χ4v) is 2.71. The van der Waals surface area contributed by atoms with E-state index in [-0.39, 0.29) is 6.04 Å². The van der Waals surface area contributed by atoms with Crippen molar-refractivity contribution < 1.29 is 0 Å². The highest BCUT2D eigenvalue weighted by molar-refractivity contribution is 5.81. The van der Waals surface area contributed by atoms with E-state index in [9.17, 15) is 0 Å². The van der Waals surface area contributed by atoms with E-state index in [1.54, 1.807) is 6.33 Å². The predicted molar refractivity (Wildman–Crippen MR) is 84.1 cm³/mol. The standard InChI is InChI=1S/C16H21N5/c1-3-21-16(18-11-19-21)10-20-7-6-14-9-13(8-12(2)17)4-5-15(14)20/h4-7,9,11-12H,3,8,10,17H2,1-2H3. The molecule has 0 bridgehead atoms. The molecule has 1 unspecified atom stereocenters. The molecule has 5 heteroatoms. The van der Waals surface area contributed by atoms with Crippen LogP contribution in [-0.2, 0) is 19.5 Å². The molecule has 2 heterocycles. The average molecular weight is 283 g/mol. The Labute approximate surface area is 124 Å². The van der Waals surface area contributed by atoms with Crippen LogP contribution in [0.4, 0.5) is 0 Å². The summed E-state index contributed by atoms with van der Waals surface area (Å²) in [5.41, 5.74) is 8.37. The number of nitrogens with zero attached hydrogens (tertiary/aromatic N) is 4.